The van der Waals surface area contributed by atoms with E-state index >= 15 is 0 Å². The van der Waals surface area contributed by atoms with E-state index in [0.717, 1.165) is 11.1 Å². The van der Waals surface area contributed by atoms with Crippen molar-refractivity contribution < 1.29 is 14.6 Å². The lowest BCUT2D eigenvalue weighted by Gasteiger charge is -2.34. The van der Waals surface area contributed by atoms with Crippen LogP contribution in [0.1, 0.15) is 31.0 Å². The second-order valence-corrected chi connectivity index (χ2v) is 6.16. The van der Waals surface area contributed by atoms with Gasteiger partial charge in [0.15, 0.2) is 0 Å². The zero-order valence-corrected chi connectivity index (χ0v) is 14.0. The second kappa shape index (κ2) is 6.73. The van der Waals surface area contributed by atoms with Crippen molar-refractivity contribution in [2.75, 3.05) is 12.4 Å². The van der Waals surface area contributed by atoms with Crippen molar-refractivity contribution in [3.63, 3.8) is 0 Å². The van der Waals surface area contributed by atoms with Gasteiger partial charge < -0.3 is 15.2 Å². The summed E-state index contributed by atoms with van der Waals surface area (Å²) in [6.45, 7) is 5.67. The Morgan fingerprint density at radius 3 is 2.35 bits per heavy atom. The summed E-state index contributed by atoms with van der Waals surface area (Å²) in [6, 6.07) is 14.5. The largest absolute Gasteiger partial charge is 0.506 e. The van der Waals surface area contributed by atoms with Crippen LogP contribution in [-0.4, -0.2) is 18.2 Å². The molecule has 2 rings (SSSR count). The summed E-state index contributed by atoms with van der Waals surface area (Å²) in [7, 11) is 1.39. The van der Waals surface area contributed by atoms with Gasteiger partial charge in [0.25, 0.3) is 0 Å². The summed E-state index contributed by atoms with van der Waals surface area (Å²) in [4.78, 5) is 12.3. The highest BCUT2D eigenvalue weighted by molar-refractivity contribution is 5.78. The summed E-state index contributed by atoms with van der Waals surface area (Å²) in [5.41, 5.74) is 1.82. The predicted molar refractivity (Wildman–Crippen MR) is 91.4 cm³/mol. The van der Waals surface area contributed by atoms with Crippen molar-refractivity contribution in [3.05, 3.63) is 59.7 Å². The number of esters is 1. The minimum Gasteiger partial charge on any atom is -0.506 e. The Labute approximate surface area is 137 Å². The Morgan fingerprint density at radius 1 is 1.13 bits per heavy atom. The molecule has 0 unspecified atom stereocenters. The summed E-state index contributed by atoms with van der Waals surface area (Å²) >= 11 is 0. The van der Waals surface area contributed by atoms with Crippen molar-refractivity contribution in [2.45, 2.75) is 26.8 Å². The summed E-state index contributed by atoms with van der Waals surface area (Å²) in [5, 5.41) is 13.4. The molecule has 0 aliphatic rings. The van der Waals surface area contributed by atoms with Crippen LogP contribution in [0.15, 0.2) is 48.5 Å². The molecule has 0 aliphatic carbocycles. The highest BCUT2D eigenvalue weighted by Gasteiger charge is 2.39. The first-order valence-corrected chi connectivity index (χ1v) is 7.56. The van der Waals surface area contributed by atoms with Crippen LogP contribution in [0.25, 0.3) is 0 Å². The molecule has 4 heteroatoms. The van der Waals surface area contributed by atoms with Gasteiger partial charge in [0.2, 0.25) is 0 Å². The van der Waals surface area contributed by atoms with E-state index in [1.165, 1.54) is 7.11 Å². The zero-order valence-electron chi connectivity index (χ0n) is 14.0. The normalized spacial score (nSPS) is 12.5. The predicted octanol–water partition coefficient (Wildman–Crippen LogP) is 4.05. The molecule has 2 aromatic rings. The third-order valence-electron chi connectivity index (χ3n) is 4.14. The summed E-state index contributed by atoms with van der Waals surface area (Å²) < 4.78 is 4.98. The summed E-state index contributed by atoms with van der Waals surface area (Å²) in [6.07, 6.45) is 0. The van der Waals surface area contributed by atoms with Crippen molar-refractivity contribution in [1.29, 1.82) is 0 Å². The summed E-state index contributed by atoms with van der Waals surface area (Å²) in [5.74, 6) is -0.166. The Hall–Kier alpha value is -2.49. The fourth-order valence-electron chi connectivity index (χ4n) is 2.69. The third kappa shape index (κ3) is 3.47. The highest BCUT2D eigenvalue weighted by Crippen LogP contribution is 2.40. The molecule has 23 heavy (non-hydrogen) atoms. The lowest BCUT2D eigenvalue weighted by atomic mass is 9.79. The molecule has 0 amide bonds. The van der Waals surface area contributed by atoms with Gasteiger partial charge in [-0.05, 0) is 44.0 Å². The zero-order chi connectivity index (χ0) is 17.0. The molecule has 0 aliphatic heterocycles. The number of benzene rings is 2. The molecule has 0 heterocycles. The Bertz CT molecular complexity index is 695. The lowest BCUT2D eigenvalue weighted by molar-refractivity contribution is -0.151. The van der Waals surface area contributed by atoms with E-state index in [4.69, 9.17) is 4.74 Å². The molecular weight excluding hydrogens is 290 g/mol. The van der Waals surface area contributed by atoms with Crippen LogP contribution in [0, 0.1) is 12.3 Å². The first kappa shape index (κ1) is 16.9. The number of hydrogen-bond donors (Lipinski definition) is 2. The molecule has 0 saturated heterocycles. The second-order valence-electron chi connectivity index (χ2n) is 6.16. The minimum absolute atomic E-state index is 0.145. The lowest BCUT2D eigenvalue weighted by Crippen LogP contribution is -2.37. The smallest absolute Gasteiger partial charge is 0.313 e. The van der Waals surface area contributed by atoms with E-state index in [-0.39, 0.29) is 17.8 Å². The number of ether oxygens (including phenoxy) is 1. The van der Waals surface area contributed by atoms with Gasteiger partial charge in [0.05, 0.1) is 24.3 Å². The monoisotopic (exact) mass is 313 g/mol. The van der Waals surface area contributed by atoms with Gasteiger partial charge in [-0.2, -0.15) is 0 Å². The van der Waals surface area contributed by atoms with E-state index in [9.17, 15) is 9.90 Å². The van der Waals surface area contributed by atoms with Crippen molar-refractivity contribution >= 4 is 11.7 Å². The van der Waals surface area contributed by atoms with Crippen LogP contribution in [0.2, 0.25) is 0 Å². The fourth-order valence-corrected chi connectivity index (χ4v) is 2.69. The quantitative estimate of drug-likeness (QED) is 0.646. The molecule has 0 radical (unpaired) electrons. The number of phenols is 1. The van der Waals surface area contributed by atoms with Crippen molar-refractivity contribution in [1.82, 2.24) is 0 Å². The number of methoxy groups -OCH3 is 1. The first-order valence-electron chi connectivity index (χ1n) is 7.56. The molecule has 0 saturated carbocycles. The van der Waals surface area contributed by atoms with Crippen molar-refractivity contribution in [2.24, 2.45) is 5.41 Å². The van der Waals surface area contributed by atoms with E-state index in [1.54, 1.807) is 18.2 Å². The number of rotatable bonds is 5. The van der Waals surface area contributed by atoms with E-state index in [2.05, 4.69) is 5.32 Å². The van der Waals surface area contributed by atoms with Crippen LogP contribution in [-0.2, 0) is 9.53 Å². The fraction of sp³-hybridized carbons (Fsp3) is 0.316. The van der Waals surface area contributed by atoms with Gasteiger partial charge in [-0.15, -0.1) is 0 Å². The maximum atomic E-state index is 12.3. The van der Waals surface area contributed by atoms with Gasteiger partial charge in [-0.25, -0.2) is 0 Å². The number of anilines is 1. The Morgan fingerprint density at radius 2 is 1.74 bits per heavy atom. The first-order chi connectivity index (χ1) is 10.9. The Balaban J connectivity index is 2.50. The number of carbonyl (C=O) groups is 1. The number of nitrogens with one attached hydrogen (secondary N) is 1. The Kier molecular flexibility index (Phi) is 4.94. The van der Waals surface area contributed by atoms with E-state index < -0.39 is 5.41 Å². The molecule has 122 valence electrons. The van der Waals surface area contributed by atoms with Gasteiger partial charge in [-0.3, -0.25) is 4.79 Å². The average molecular weight is 313 g/mol. The number of para-hydroxylation sites is 2. The van der Waals surface area contributed by atoms with Gasteiger partial charge >= 0.3 is 5.97 Å². The molecule has 4 nitrogen and oxygen atoms in total. The number of phenolic OH excluding ortho intramolecular Hbond substituents is 1. The number of aryl methyl sites for hydroxylation is 1. The SMILES string of the molecule is COC(=O)C(C)(C)[C@@H](Nc1ccccc1O)c1ccccc1C. The van der Waals surface area contributed by atoms with Crippen LogP contribution in [0.4, 0.5) is 5.69 Å². The average Bonchev–Trinajstić information content (AvgIpc) is 2.54. The van der Waals surface area contributed by atoms with Crippen molar-refractivity contribution in [3.8, 4) is 5.75 Å². The number of hydrogen-bond acceptors (Lipinski definition) is 4. The maximum Gasteiger partial charge on any atom is 0.313 e. The molecule has 0 aromatic heterocycles. The third-order valence-corrected chi connectivity index (χ3v) is 4.14. The standard InChI is InChI=1S/C19H23NO3/c1-13-9-5-6-10-14(13)17(19(2,3)18(22)23-4)20-15-11-7-8-12-16(15)21/h5-12,17,20-21H,1-4H3/t17-/m0/s1. The van der Waals surface area contributed by atoms with Gasteiger partial charge in [0.1, 0.15) is 5.75 Å². The van der Waals surface area contributed by atoms with Gasteiger partial charge in [0, 0.05) is 0 Å². The highest BCUT2D eigenvalue weighted by atomic mass is 16.5. The van der Waals surface area contributed by atoms with E-state index in [1.807, 2.05) is 51.1 Å². The molecule has 0 spiro atoms. The number of aromatic hydroxyl groups is 1. The minimum atomic E-state index is -0.816. The topological polar surface area (TPSA) is 58.6 Å². The van der Waals surface area contributed by atoms with Gasteiger partial charge in [-0.1, -0.05) is 36.4 Å². The molecule has 1 atom stereocenters. The maximum absolute atomic E-state index is 12.3. The van der Waals surface area contributed by atoms with Crippen LogP contribution in [0.3, 0.4) is 0 Å². The molecule has 2 N–H and O–H groups in total. The molecule has 0 bridgehead atoms. The van der Waals surface area contributed by atoms with Crippen LogP contribution < -0.4 is 5.32 Å². The molecule has 0 fully saturated rings. The number of carbonyl (C=O) groups excluding carboxylic acids is 1. The van der Waals surface area contributed by atoms with E-state index in [0.29, 0.717) is 5.69 Å². The van der Waals surface area contributed by atoms with Crippen LogP contribution >= 0.6 is 0 Å². The van der Waals surface area contributed by atoms with Crippen LogP contribution in [0.5, 0.6) is 5.75 Å². The molecular formula is C19H23NO3. The molecule has 2 aromatic carbocycles.